The van der Waals surface area contributed by atoms with E-state index in [4.69, 9.17) is 9.78 Å². The lowest BCUT2D eigenvalue weighted by Gasteiger charge is -2.34. The number of piperazine rings is 1. The number of amides is 1. The summed E-state index contributed by atoms with van der Waals surface area (Å²) >= 11 is 1.58. The number of rotatable bonds is 6. The van der Waals surface area contributed by atoms with E-state index >= 15 is 0 Å². The summed E-state index contributed by atoms with van der Waals surface area (Å²) in [5.74, 6) is 1.93. The Morgan fingerprint density at radius 3 is 2.80 bits per heavy atom. The summed E-state index contributed by atoms with van der Waals surface area (Å²) in [5, 5.41) is 14.9. The molecule has 0 atom stereocenters. The summed E-state index contributed by atoms with van der Waals surface area (Å²) < 4.78 is 5.37. The zero-order valence-electron chi connectivity index (χ0n) is 16.6. The van der Waals surface area contributed by atoms with E-state index < -0.39 is 0 Å². The summed E-state index contributed by atoms with van der Waals surface area (Å²) in [4.78, 5) is 28.2. The zero-order chi connectivity index (χ0) is 20.9. The highest BCUT2D eigenvalue weighted by atomic mass is 32.1. The van der Waals surface area contributed by atoms with E-state index in [2.05, 4.69) is 20.0 Å². The maximum atomic E-state index is 12.7. The minimum atomic E-state index is 0.0566. The molecule has 4 heterocycles. The van der Waals surface area contributed by atoms with Crippen molar-refractivity contribution in [3.05, 3.63) is 47.3 Å². The van der Waals surface area contributed by atoms with E-state index in [1.54, 1.807) is 28.4 Å². The molecule has 1 aliphatic heterocycles. The van der Waals surface area contributed by atoms with Gasteiger partial charge in [0.2, 0.25) is 17.6 Å². The average molecular weight is 424 g/mol. The predicted molar refractivity (Wildman–Crippen MR) is 112 cm³/mol. The van der Waals surface area contributed by atoms with E-state index in [9.17, 15) is 4.79 Å². The lowest BCUT2D eigenvalue weighted by molar-refractivity contribution is -0.131. The average Bonchev–Trinajstić information content (AvgIpc) is 3.46. The highest BCUT2D eigenvalue weighted by Crippen LogP contribution is 2.21. The van der Waals surface area contributed by atoms with Gasteiger partial charge in [0.15, 0.2) is 0 Å². The zero-order valence-corrected chi connectivity index (χ0v) is 17.4. The van der Waals surface area contributed by atoms with Crippen LogP contribution in [0.1, 0.15) is 11.5 Å². The van der Waals surface area contributed by atoms with Crippen molar-refractivity contribution in [1.82, 2.24) is 24.9 Å². The normalized spacial score (nSPS) is 14.5. The summed E-state index contributed by atoms with van der Waals surface area (Å²) in [6.07, 6.45) is 1.51. The maximum absolute atomic E-state index is 12.7. The second-order valence-electron chi connectivity index (χ2n) is 7.02. The first-order valence-electron chi connectivity index (χ1n) is 9.56. The topological polar surface area (TPSA) is 102 Å². The third kappa shape index (κ3) is 4.64. The summed E-state index contributed by atoms with van der Waals surface area (Å²) in [5.41, 5.74) is 0.498. The lowest BCUT2D eigenvalue weighted by Crippen LogP contribution is -2.50. The molecule has 10 heteroatoms. The molecule has 30 heavy (non-hydrogen) atoms. The van der Waals surface area contributed by atoms with Gasteiger partial charge in [0, 0.05) is 39.4 Å². The van der Waals surface area contributed by atoms with Crippen LogP contribution in [0, 0.1) is 11.3 Å². The molecule has 4 rings (SSSR count). The molecule has 0 aromatic carbocycles. The molecule has 0 N–H and O–H groups in total. The molecule has 0 aliphatic carbocycles. The quantitative estimate of drug-likeness (QED) is 0.592. The number of nitriles is 1. The molecule has 1 fully saturated rings. The van der Waals surface area contributed by atoms with Crippen molar-refractivity contribution in [2.45, 2.75) is 6.54 Å². The van der Waals surface area contributed by atoms with Gasteiger partial charge in [-0.15, -0.1) is 11.3 Å². The molecule has 1 saturated heterocycles. The summed E-state index contributed by atoms with van der Waals surface area (Å²) in [6, 6.07) is 9.41. The van der Waals surface area contributed by atoms with Crippen LogP contribution in [0.5, 0.6) is 0 Å². The number of thiophene rings is 1. The second kappa shape index (κ2) is 9.02. The Bertz CT molecular complexity index is 1020. The number of anilines is 1. The van der Waals surface area contributed by atoms with Crippen LogP contribution in [0.2, 0.25) is 0 Å². The van der Waals surface area contributed by atoms with Crippen LogP contribution in [-0.2, 0) is 11.3 Å². The van der Waals surface area contributed by atoms with E-state index in [0.717, 1.165) is 18.0 Å². The van der Waals surface area contributed by atoms with E-state index in [1.165, 1.54) is 6.20 Å². The highest BCUT2D eigenvalue weighted by Gasteiger charge is 2.23. The Hall–Kier alpha value is -3.29. The van der Waals surface area contributed by atoms with Crippen LogP contribution in [0.15, 0.2) is 40.4 Å². The van der Waals surface area contributed by atoms with Crippen LogP contribution in [-0.4, -0.2) is 70.6 Å². The number of pyridine rings is 1. The van der Waals surface area contributed by atoms with E-state index in [-0.39, 0.29) is 12.5 Å². The third-order valence-corrected chi connectivity index (χ3v) is 5.80. The maximum Gasteiger partial charge on any atom is 0.242 e. The SMILES string of the molecule is CN(CC(=O)N1CCN(Cc2nc(-c3cccs3)no2)CC1)c1ccc(C#N)cn1. The Kier molecular flexibility index (Phi) is 6.02. The van der Waals surface area contributed by atoms with Crippen molar-refractivity contribution in [2.24, 2.45) is 0 Å². The fraction of sp³-hybridized carbons (Fsp3) is 0.350. The summed E-state index contributed by atoms with van der Waals surface area (Å²) in [6.45, 7) is 3.63. The van der Waals surface area contributed by atoms with Crippen LogP contribution in [0.4, 0.5) is 5.82 Å². The van der Waals surface area contributed by atoms with Gasteiger partial charge in [0.1, 0.15) is 11.9 Å². The smallest absolute Gasteiger partial charge is 0.242 e. The number of aromatic nitrogens is 3. The largest absolute Gasteiger partial charge is 0.350 e. The van der Waals surface area contributed by atoms with Gasteiger partial charge >= 0.3 is 0 Å². The van der Waals surface area contributed by atoms with Gasteiger partial charge in [0.25, 0.3) is 0 Å². The molecule has 3 aromatic rings. The Morgan fingerprint density at radius 2 is 2.13 bits per heavy atom. The van der Waals surface area contributed by atoms with Crippen LogP contribution in [0.25, 0.3) is 10.7 Å². The van der Waals surface area contributed by atoms with E-state index in [0.29, 0.717) is 42.7 Å². The predicted octanol–water partition coefficient (Wildman–Crippen LogP) is 1.85. The van der Waals surface area contributed by atoms with Crippen molar-refractivity contribution in [3.8, 4) is 16.8 Å². The van der Waals surface area contributed by atoms with Crippen LogP contribution >= 0.6 is 11.3 Å². The number of nitrogens with zero attached hydrogens (tertiary/aromatic N) is 7. The van der Waals surface area contributed by atoms with Crippen molar-refractivity contribution in [2.75, 3.05) is 44.7 Å². The molecular formula is C20H21N7O2S. The molecule has 1 amide bonds. The molecule has 0 bridgehead atoms. The molecule has 0 saturated carbocycles. The van der Waals surface area contributed by atoms with Gasteiger partial charge in [-0.1, -0.05) is 11.2 Å². The first-order chi connectivity index (χ1) is 14.6. The van der Waals surface area contributed by atoms with E-state index in [1.807, 2.05) is 35.5 Å². The first-order valence-corrected chi connectivity index (χ1v) is 10.4. The Morgan fingerprint density at radius 1 is 1.30 bits per heavy atom. The molecule has 9 nitrogen and oxygen atoms in total. The van der Waals surface area contributed by atoms with Crippen LogP contribution in [0.3, 0.4) is 0 Å². The Labute approximate surface area is 178 Å². The van der Waals surface area contributed by atoms with Gasteiger partial charge in [-0.25, -0.2) is 4.98 Å². The molecule has 1 aliphatic rings. The number of hydrogen-bond donors (Lipinski definition) is 0. The summed E-state index contributed by atoms with van der Waals surface area (Å²) in [7, 11) is 1.82. The molecule has 3 aromatic heterocycles. The van der Waals surface area contributed by atoms with Gasteiger partial charge in [-0.05, 0) is 23.6 Å². The minimum absolute atomic E-state index is 0.0566. The van der Waals surface area contributed by atoms with Crippen LogP contribution < -0.4 is 4.90 Å². The fourth-order valence-corrected chi connectivity index (χ4v) is 3.88. The number of carbonyl (C=O) groups is 1. The lowest BCUT2D eigenvalue weighted by atomic mass is 10.3. The second-order valence-corrected chi connectivity index (χ2v) is 7.97. The highest BCUT2D eigenvalue weighted by molar-refractivity contribution is 7.13. The molecule has 0 spiro atoms. The first kappa shape index (κ1) is 20.0. The number of carbonyl (C=O) groups excluding carboxylic acids is 1. The van der Waals surface area contributed by atoms with Gasteiger partial charge in [-0.3, -0.25) is 9.69 Å². The van der Waals surface area contributed by atoms with Crippen molar-refractivity contribution in [3.63, 3.8) is 0 Å². The van der Waals surface area contributed by atoms with Gasteiger partial charge in [-0.2, -0.15) is 10.2 Å². The van der Waals surface area contributed by atoms with Crippen molar-refractivity contribution >= 4 is 23.1 Å². The van der Waals surface area contributed by atoms with Crippen molar-refractivity contribution in [1.29, 1.82) is 5.26 Å². The van der Waals surface area contributed by atoms with Gasteiger partial charge < -0.3 is 14.3 Å². The third-order valence-electron chi connectivity index (χ3n) is 4.93. The number of likely N-dealkylation sites (N-methyl/N-ethyl adjacent to an activating group) is 1. The minimum Gasteiger partial charge on any atom is -0.350 e. The molecule has 0 unspecified atom stereocenters. The molecule has 0 radical (unpaired) electrons. The Balaban J connectivity index is 1.25. The van der Waals surface area contributed by atoms with Crippen molar-refractivity contribution < 1.29 is 9.32 Å². The molecule has 154 valence electrons. The van der Waals surface area contributed by atoms with Gasteiger partial charge in [0.05, 0.1) is 23.5 Å². The molecular weight excluding hydrogens is 402 g/mol. The number of hydrogen-bond acceptors (Lipinski definition) is 9. The fourth-order valence-electron chi connectivity index (χ4n) is 3.23. The standard InChI is InChI=1S/C20H21N7O2S/c1-25(17-5-4-15(11-21)12-22-17)14-19(28)27-8-6-26(7-9-27)13-18-23-20(24-29-18)16-3-2-10-30-16/h2-5,10,12H,6-9,13-14H2,1H3. The monoisotopic (exact) mass is 423 g/mol.